The molecular weight excluding hydrogens is 340 g/mol. The maximum Gasteiger partial charge on any atom is 0.330 e. The molecule has 6 N–H and O–H groups in total. The first-order chi connectivity index (χ1) is 11.5. The van der Waals surface area contributed by atoms with E-state index in [1.54, 1.807) is 0 Å². The highest BCUT2D eigenvalue weighted by molar-refractivity contribution is 6.03. The van der Waals surface area contributed by atoms with E-state index in [4.69, 9.17) is 4.74 Å². The lowest BCUT2D eigenvalue weighted by Crippen LogP contribution is -2.82. The van der Waals surface area contributed by atoms with Crippen LogP contribution >= 0.6 is 0 Å². The Morgan fingerprint density at radius 1 is 1.44 bits per heavy atom. The van der Waals surface area contributed by atoms with Crippen LogP contribution < -0.4 is 10.6 Å². The Labute approximate surface area is 142 Å². The average Bonchev–Trinajstić information content (AvgIpc) is 2.56. The second-order valence-corrected chi connectivity index (χ2v) is 6.06. The molecule has 0 aromatic carbocycles. The normalized spacial score (nSPS) is 34.4. The van der Waals surface area contributed by atoms with E-state index in [1.807, 2.05) is 10.6 Å². The van der Waals surface area contributed by atoms with Crippen LogP contribution in [0.1, 0.15) is 13.3 Å². The summed E-state index contributed by atoms with van der Waals surface area (Å²) in [5.41, 5.74) is -7.35. The van der Waals surface area contributed by atoms with Crippen molar-refractivity contribution in [2.24, 2.45) is 0 Å². The highest BCUT2D eigenvalue weighted by Gasteiger charge is 2.63. The molecule has 140 valence electrons. The van der Waals surface area contributed by atoms with E-state index in [-0.39, 0.29) is 18.6 Å². The van der Waals surface area contributed by atoms with Crippen LogP contribution in [-0.4, -0.2) is 81.7 Å². The topological polar surface area (TPSA) is 175 Å². The largest absolute Gasteiger partial charge is 0.466 e. The Hall–Kier alpha value is -2.05. The zero-order valence-corrected chi connectivity index (χ0v) is 13.6. The standard InChI is InChI=1S/C14H20N2O9/c1-12(22,6-17)9(19)14-11(21)15-13(23,10(20)16-14)7(3-4-25-14)5-8(18)24-2/h5,9,17,19,22-23H,3-4,6H2,1-2H3,(H,15,21)(H,16,20)/b7-5-/t9-,12-,13-,14+/m1/s1. The van der Waals surface area contributed by atoms with Crippen molar-refractivity contribution >= 4 is 17.8 Å². The van der Waals surface area contributed by atoms with E-state index >= 15 is 0 Å². The van der Waals surface area contributed by atoms with Crippen molar-refractivity contribution in [3.63, 3.8) is 0 Å². The van der Waals surface area contributed by atoms with Gasteiger partial charge < -0.3 is 40.5 Å². The van der Waals surface area contributed by atoms with E-state index < -0.39 is 47.5 Å². The molecule has 0 aromatic rings. The second kappa shape index (κ2) is 6.35. The van der Waals surface area contributed by atoms with Gasteiger partial charge in [0.1, 0.15) is 11.7 Å². The molecule has 3 fully saturated rings. The van der Waals surface area contributed by atoms with Crippen molar-refractivity contribution in [1.82, 2.24) is 10.6 Å². The molecule has 3 rings (SSSR count). The van der Waals surface area contributed by atoms with Gasteiger partial charge in [0.25, 0.3) is 17.5 Å². The second-order valence-electron chi connectivity index (χ2n) is 6.06. The number of fused-ring (bicyclic) bond motifs is 5. The monoisotopic (exact) mass is 360 g/mol. The number of hydrogen-bond acceptors (Lipinski definition) is 9. The summed E-state index contributed by atoms with van der Waals surface area (Å²) >= 11 is 0. The Morgan fingerprint density at radius 2 is 2.08 bits per heavy atom. The van der Waals surface area contributed by atoms with Crippen LogP contribution in [-0.2, 0) is 23.9 Å². The fourth-order valence-corrected chi connectivity index (χ4v) is 2.63. The summed E-state index contributed by atoms with van der Waals surface area (Å²) in [4.78, 5) is 36.3. The number of rotatable bonds is 4. The lowest BCUT2D eigenvalue weighted by molar-refractivity contribution is -0.230. The fraction of sp³-hybridized carbons (Fsp3) is 0.643. The molecule has 0 aromatic heterocycles. The van der Waals surface area contributed by atoms with E-state index in [9.17, 15) is 34.8 Å². The van der Waals surface area contributed by atoms with Crippen molar-refractivity contribution in [3.05, 3.63) is 11.6 Å². The number of carbonyl (C=O) groups is 3. The van der Waals surface area contributed by atoms with Crippen LogP contribution in [0.15, 0.2) is 11.6 Å². The molecular formula is C14H20N2O9. The van der Waals surface area contributed by atoms with Gasteiger partial charge in [-0.2, -0.15) is 0 Å². The number of methoxy groups -OCH3 is 1. The third-order valence-electron chi connectivity index (χ3n) is 4.21. The molecule has 3 heterocycles. The number of ether oxygens (including phenoxy) is 2. The predicted octanol–water partition coefficient (Wildman–Crippen LogP) is -3.76. The lowest BCUT2D eigenvalue weighted by Gasteiger charge is -2.49. The Morgan fingerprint density at radius 3 is 2.64 bits per heavy atom. The van der Waals surface area contributed by atoms with E-state index in [1.165, 1.54) is 0 Å². The van der Waals surface area contributed by atoms with Gasteiger partial charge in [0.15, 0.2) is 0 Å². The average molecular weight is 360 g/mol. The number of esters is 1. The Bertz CT molecular complexity index is 632. The van der Waals surface area contributed by atoms with Crippen LogP contribution in [0.4, 0.5) is 0 Å². The molecule has 25 heavy (non-hydrogen) atoms. The van der Waals surface area contributed by atoms with Gasteiger partial charge in [-0.25, -0.2) is 4.79 Å². The zero-order chi connectivity index (χ0) is 19.0. The first kappa shape index (κ1) is 19.3. The molecule has 11 heteroatoms. The highest BCUT2D eigenvalue weighted by atomic mass is 16.5. The minimum absolute atomic E-state index is 0.158. The summed E-state index contributed by atoms with van der Waals surface area (Å²) in [6.45, 7) is -0.186. The third-order valence-corrected chi connectivity index (χ3v) is 4.21. The smallest absolute Gasteiger partial charge is 0.330 e. The zero-order valence-electron chi connectivity index (χ0n) is 13.6. The Kier molecular flexibility index (Phi) is 4.90. The van der Waals surface area contributed by atoms with Crippen molar-refractivity contribution in [1.29, 1.82) is 0 Å². The third kappa shape index (κ3) is 3.00. The summed E-state index contributed by atoms with van der Waals surface area (Å²) in [6.07, 6.45) is -1.36. The van der Waals surface area contributed by atoms with Gasteiger partial charge in [-0.05, 0) is 13.3 Å². The van der Waals surface area contributed by atoms with Crippen LogP contribution in [0.25, 0.3) is 0 Å². The number of hydrogen-bond donors (Lipinski definition) is 6. The summed E-state index contributed by atoms with van der Waals surface area (Å²) in [7, 11) is 1.10. The molecule has 3 aliphatic rings. The van der Waals surface area contributed by atoms with Crippen molar-refractivity contribution < 1.29 is 44.3 Å². The molecule has 2 bridgehead atoms. The Balaban J connectivity index is 2.47. The molecule has 2 amide bonds. The van der Waals surface area contributed by atoms with Crippen LogP contribution in [0, 0.1) is 0 Å². The molecule has 0 aliphatic carbocycles. The molecule has 0 spiro atoms. The summed E-state index contributed by atoms with van der Waals surface area (Å²) in [5, 5.41) is 44.2. The van der Waals surface area contributed by atoms with Crippen molar-refractivity contribution in [3.8, 4) is 0 Å². The minimum Gasteiger partial charge on any atom is -0.466 e. The summed E-state index contributed by atoms with van der Waals surface area (Å²) in [5.74, 6) is -3.20. The molecule has 11 nitrogen and oxygen atoms in total. The number of aliphatic hydroxyl groups excluding tert-OH is 2. The number of piperazine rings is 1. The van der Waals surface area contributed by atoms with Gasteiger partial charge in [0.2, 0.25) is 5.72 Å². The maximum absolute atomic E-state index is 12.5. The molecule has 4 atom stereocenters. The molecule has 0 saturated carbocycles. The van der Waals surface area contributed by atoms with Crippen LogP contribution in [0.5, 0.6) is 0 Å². The SMILES string of the molecule is COC(=O)/C=C1/CCO[C@]2([C@H](O)[C@](C)(O)CO)NC(=O)[C@@]1(O)NC2=O. The predicted molar refractivity (Wildman–Crippen MR) is 78.4 cm³/mol. The minimum atomic E-state index is -2.55. The van der Waals surface area contributed by atoms with Gasteiger partial charge in [-0.1, -0.05) is 0 Å². The first-order valence-corrected chi connectivity index (χ1v) is 7.35. The van der Waals surface area contributed by atoms with Crippen molar-refractivity contribution in [2.75, 3.05) is 20.3 Å². The van der Waals surface area contributed by atoms with E-state index in [2.05, 4.69) is 4.74 Å². The molecule has 3 aliphatic heterocycles. The molecule has 0 unspecified atom stereocenters. The number of aliphatic hydroxyl groups is 4. The van der Waals surface area contributed by atoms with Gasteiger partial charge in [-0.15, -0.1) is 0 Å². The fourth-order valence-electron chi connectivity index (χ4n) is 2.63. The van der Waals surface area contributed by atoms with Crippen LogP contribution in [0.3, 0.4) is 0 Å². The quantitative estimate of drug-likeness (QED) is 0.217. The number of amides is 2. The van der Waals surface area contributed by atoms with Gasteiger partial charge in [0.05, 0.1) is 20.3 Å². The number of carbonyl (C=O) groups excluding carboxylic acids is 3. The van der Waals surface area contributed by atoms with Crippen LogP contribution in [0.2, 0.25) is 0 Å². The maximum atomic E-state index is 12.5. The number of nitrogens with one attached hydrogen (secondary N) is 2. The van der Waals surface area contributed by atoms with E-state index in [0.29, 0.717) is 0 Å². The highest BCUT2D eigenvalue weighted by Crippen LogP contribution is 2.33. The molecule has 3 saturated heterocycles. The lowest BCUT2D eigenvalue weighted by atomic mass is 9.84. The van der Waals surface area contributed by atoms with Gasteiger partial charge >= 0.3 is 5.97 Å². The van der Waals surface area contributed by atoms with Gasteiger partial charge in [0, 0.05) is 11.6 Å². The molecule has 0 radical (unpaired) electrons. The summed E-state index contributed by atoms with van der Waals surface area (Å²) in [6, 6.07) is 0. The summed E-state index contributed by atoms with van der Waals surface area (Å²) < 4.78 is 9.75. The van der Waals surface area contributed by atoms with Crippen molar-refractivity contribution in [2.45, 2.75) is 36.5 Å². The first-order valence-electron chi connectivity index (χ1n) is 7.35. The van der Waals surface area contributed by atoms with Gasteiger partial charge in [-0.3, -0.25) is 9.59 Å². The van der Waals surface area contributed by atoms with E-state index in [0.717, 1.165) is 20.1 Å².